The second-order valence-corrected chi connectivity index (χ2v) is 30.7. The van der Waals surface area contributed by atoms with E-state index in [2.05, 4.69) is 41.5 Å². The monoisotopic (exact) mass is 1380 g/mol. The van der Waals surface area contributed by atoms with Crippen LogP contribution < -0.4 is 0 Å². The summed E-state index contributed by atoms with van der Waals surface area (Å²) < 4.78 is 68.5. The van der Waals surface area contributed by atoms with Crippen molar-refractivity contribution in [1.82, 2.24) is 0 Å². The van der Waals surface area contributed by atoms with Crippen molar-refractivity contribution < 1.29 is 80.2 Å². The van der Waals surface area contributed by atoms with Crippen molar-refractivity contribution in [3.8, 4) is 0 Å². The minimum absolute atomic E-state index is 0.107. The molecule has 0 aliphatic carbocycles. The molecule has 0 heterocycles. The van der Waals surface area contributed by atoms with E-state index in [4.69, 9.17) is 37.0 Å². The van der Waals surface area contributed by atoms with Crippen molar-refractivity contribution >= 4 is 39.5 Å². The van der Waals surface area contributed by atoms with Gasteiger partial charge in [-0.25, -0.2) is 9.13 Å². The van der Waals surface area contributed by atoms with Crippen LogP contribution in [0.25, 0.3) is 0 Å². The highest BCUT2D eigenvalue weighted by molar-refractivity contribution is 7.47. The molecule has 0 fully saturated rings. The lowest BCUT2D eigenvalue weighted by molar-refractivity contribution is -0.161. The lowest BCUT2D eigenvalue weighted by Crippen LogP contribution is -2.30. The number of hydrogen-bond donors (Lipinski definition) is 3. The molecular formula is C75H146O17P2. The average Bonchev–Trinajstić information content (AvgIpc) is 1.63. The first-order chi connectivity index (χ1) is 45.4. The van der Waals surface area contributed by atoms with Crippen LogP contribution >= 0.6 is 15.6 Å². The van der Waals surface area contributed by atoms with Crippen LogP contribution in [0.1, 0.15) is 388 Å². The molecule has 0 spiro atoms. The first-order valence-electron chi connectivity index (χ1n) is 39.0. The molecule has 3 N–H and O–H groups in total. The predicted octanol–water partition coefficient (Wildman–Crippen LogP) is 21.9. The summed E-state index contributed by atoms with van der Waals surface area (Å²) in [5, 5.41) is 10.6. The van der Waals surface area contributed by atoms with E-state index in [0.717, 1.165) is 102 Å². The van der Waals surface area contributed by atoms with Gasteiger partial charge in [0.15, 0.2) is 12.2 Å². The molecule has 558 valence electrons. The van der Waals surface area contributed by atoms with Gasteiger partial charge in [0.2, 0.25) is 0 Å². The van der Waals surface area contributed by atoms with Gasteiger partial charge < -0.3 is 33.8 Å². The fourth-order valence-electron chi connectivity index (χ4n) is 11.4. The molecule has 6 atom stereocenters. The van der Waals surface area contributed by atoms with Gasteiger partial charge in [-0.3, -0.25) is 37.3 Å². The number of hydrogen-bond acceptors (Lipinski definition) is 15. The summed E-state index contributed by atoms with van der Waals surface area (Å²) in [6.07, 6.45) is 53.8. The zero-order chi connectivity index (χ0) is 69.3. The van der Waals surface area contributed by atoms with Gasteiger partial charge in [0, 0.05) is 25.7 Å². The second-order valence-electron chi connectivity index (χ2n) is 27.8. The quantitative estimate of drug-likeness (QED) is 0.0222. The highest BCUT2D eigenvalue weighted by Gasteiger charge is 2.30. The number of esters is 4. The molecular weight excluding hydrogens is 1230 g/mol. The van der Waals surface area contributed by atoms with Gasteiger partial charge in [-0.05, 0) is 37.5 Å². The van der Waals surface area contributed by atoms with Crippen molar-refractivity contribution in [2.24, 2.45) is 11.8 Å². The Morgan fingerprint density at radius 2 is 0.543 bits per heavy atom. The van der Waals surface area contributed by atoms with Crippen molar-refractivity contribution in [2.75, 3.05) is 39.6 Å². The zero-order valence-electron chi connectivity index (χ0n) is 61.3. The topological polar surface area (TPSA) is 237 Å². The van der Waals surface area contributed by atoms with Gasteiger partial charge in [-0.15, -0.1) is 0 Å². The molecule has 0 aliphatic heterocycles. The Bertz CT molecular complexity index is 1820. The number of carbonyl (C=O) groups excluding carboxylic acids is 4. The largest absolute Gasteiger partial charge is 0.472 e. The molecule has 0 aromatic carbocycles. The van der Waals surface area contributed by atoms with Gasteiger partial charge >= 0.3 is 39.5 Å². The normalized spacial score (nSPS) is 14.3. The number of aliphatic hydroxyl groups excluding tert-OH is 1. The number of unbranched alkanes of at least 4 members (excludes halogenated alkanes) is 43. The summed E-state index contributed by atoms with van der Waals surface area (Å²) in [6.45, 7) is 9.61. The third-order valence-corrected chi connectivity index (χ3v) is 19.7. The summed E-state index contributed by atoms with van der Waals surface area (Å²) in [5.41, 5.74) is 0. The number of carbonyl (C=O) groups is 4. The van der Waals surface area contributed by atoms with E-state index in [1.807, 2.05) is 0 Å². The van der Waals surface area contributed by atoms with Crippen molar-refractivity contribution in [2.45, 2.75) is 407 Å². The zero-order valence-corrected chi connectivity index (χ0v) is 63.1. The lowest BCUT2D eigenvalue weighted by atomic mass is 9.99. The van der Waals surface area contributed by atoms with E-state index < -0.39 is 97.5 Å². The fraction of sp³-hybridized carbons (Fsp3) is 0.947. The van der Waals surface area contributed by atoms with Crippen LogP contribution in [-0.2, 0) is 65.4 Å². The molecule has 0 radical (unpaired) electrons. The van der Waals surface area contributed by atoms with Crippen LogP contribution in [0.4, 0.5) is 0 Å². The number of rotatable bonds is 74. The first kappa shape index (κ1) is 92.1. The number of ether oxygens (including phenoxy) is 4. The van der Waals surface area contributed by atoms with Crippen LogP contribution in [0, 0.1) is 11.8 Å². The molecule has 0 aromatic heterocycles. The van der Waals surface area contributed by atoms with Gasteiger partial charge in [-0.2, -0.15) is 0 Å². The molecule has 17 nitrogen and oxygen atoms in total. The molecule has 0 aliphatic rings. The third kappa shape index (κ3) is 67.3. The van der Waals surface area contributed by atoms with Gasteiger partial charge in [-0.1, -0.05) is 337 Å². The molecule has 0 saturated carbocycles. The maximum absolute atomic E-state index is 13.1. The van der Waals surface area contributed by atoms with Crippen LogP contribution in [0.15, 0.2) is 0 Å². The molecule has 0 rings (SSSR count). The van der Waals surface area contributed by atoms with E-state index in [1.54, 1.807) is 0 Å². The molecule has 0 saturated heterocycles. The maximum atomic E-state index is 13.1. The van der Waals surface area contributed by atoms with E-state index in [0.29, 0.717) is 25.7 Å². The molecule has 0 aromatic rings. The highest BCUT2D eigenvalue weighted by atomic mass is 31.2. The first-order valence-corrected chi connectivity index (χ1v) is 42.0. The van der Waals surface area contributed by atoms with E-state index in [9.17, 15) is 43.2 Å². The molecule has 3 unspecified atom stereocenters. The minimum atomic E-state index is -4.96. The SMILES string of the molecule is CCCCCCCCCCCCCCCCC(=O)OC[C@H](COP(=O)(O)OC[C@@H](O)COP(=O)(O)OC[C@@H](COC(=O)CCCCCCCCCCC(C)CC)OC(=O)CCCCCCCCCCCCCCC)OC(=O)CCCCCCCCCCCCCCC(C)C. The summed E-state index contributed by atoms with van der Waals surface area (Å²) in [7, 11) is -9.91. The lowest BCUT2D eigenvalue weighted by Gasteiger charge is -2.21. The second kappa shape index (κ2) is 66.9. The maximum Gasteiger partial charge on any atom is 0.472 e. The standard InChI is InChI=1S/C75H146O17P2/c1-7-10-12-14-16-18-20-22-24-28-32-39-45-51-57-72(77)85-63-70(91-75(80)60-54-48-42-34-30-26-25-27-31-37-43-49-55-67(4)5)65-89-93(81,82)87-61-69(76)62-88-94(83,84)90-66-71(64-86-73(78)58-52-46-40-36-35-38-44-50-56-68(6)9-3)92-74(79)59-53-47-41-33-29-23-21-19-17-15-13-11-8-2/h67-71,76H,7-66H2,1-6H3,(H,81,82)(H,83,84)/t68?,69-,70-,71-/m1/s1. The van der Waals surface area contributed by atoms with Crippen LogP contribution in [0.2, 0.25) is 0 Å². The number of phosphoric ester groups is 2. The Morgan fingerprint density at radius 3 is 0.809 bits per heavy atom. The van der Waals surface area contributed by atoms with Gasteiger partial charge in [0.05, 0.1) is 26.4 Å². The van der Waals surface area contributed by atoms with Crippen molar-refractivity contribution in [3.05, 3.63) is 0 Å². The fourth-order valence-corrected chi connectivity index (χ4v) is 13.0. The average molecular weight is 1380 g/mol. The van der Waals surface area contributed by atoms with Crippen molar-refractivity contribution in [1.29, 1.82) is 0 Å². The van der Waals surface area contributed by atoms with Crippen LogP contribution in [0.3, 0.4) is 0 Å². The number of phosphoric acid groups is 2. The predicted molar refractivity (Wildman–Crippen MR) is 381 cm³/mol. The molecule has 19 heteroatoms. The summed E-state index contributed by atoms with van der Waals surface area (Å²) >= 11 is 0. The third-order valence-electron chi connectivity index (χ3n) is 17.8. The molecule has 0 amide bonds. The Morgan fingerprint density at radius 1 is 0.309 bits per heavy atom. The van der Waals surface area contributed by atoms with E-state index >= 15 is 0 Å². The Balaban J connectivity index is 5.27. The number of aliphatic hydroxyl groups is 1. The van der Waals surface area contributed by atoms with E-state index in [-0.39, 0.29) is 25.7 Å². The minimum Gasteiger partial charge on any atom is -0.462 e. The molecule has 94 heavy (non-hydrogen) atoms. The summed E-state index contributed by atoms with van der Waals surface area (Å²) in [5.74, 6) is -0.560. The Kier molecular flexibility index (Phi) is 65.5. The van der Waals surface area contributed by atoms with Crippen LogP contribution in [0.5, 0.6) is 0 Å². The Hall–Kier alpha value is -1.94. The van der Waals surface area contributed by atoms with Gasteiger partial charge in [0.25, 0.3) is 0 Å². The molecule has 0 bridgehead atoms. The smallest absolute Gasteiger partial charge is 0.462 e. The Labute approximate surface area is 575 Å². The van der Waals surface area contributed by atoms with E-state index in [1.165, 1.54) is 205 Å². The van der Waals surface area contributed by atoms with Crippen LogP contribution in [-0.4, -0.2) is 96.7 Å². The van der Waals surface area contributed by atoms with Gasteiger partial charge in [0.1, 0.15) is 19.3 Å². The summed E-state index contributed by atoms with van der Waals surface area (Å²) in [6, 6.07) is 0. The highest BCUT2D eigenvalue weighted by Crippen LogP contribution is 2.45. The summed E-state index contributed by atoms with van der Waals surface area (Å²) in [4.78, 5) is 72.8. The van der Waals surface area contributed by atoms with Crippen molar-refractivity contribution in [3.63, 3.8) is 0 Å².